The molecule has 0 aromatic carbocycles. The summed E-state index contributed by atoms with van der Waals surface area (Å²) in [6.07, 6.45) is 0.718. The molecule has 1 aromatic heterocycles. The van der Waals surface area contributed by atoms with Gasteiger partial charge in [-0.1, -0.05) is 23.8 Å². The fourth-order valence-electron chi connectivity index (χ4n) is 4.25. The summed E-state index contributed by atoms with van der Waals surface area (Å²) in [6, 6.07) is -1.09. The van der Waals surface area contributed by atoms with Crippen LogP contribution in [0.4, 0.5) is 5.13 Å². The second-order valence-electron chi connectivity index (χ2n) is 10.1. The van der Waals surface area contributed by atoms with Crippen LogP contribution in [0.15, 0.2) is 26.8 Å². The number of amidine groups is 2. The average Bonchev–Trinajstić information content (AvgIpc) is 3.36. The van der Waals surface area contributed by atoms with Crippen molar-refractivity contribution < 1.29 is 34.2 Å². The lowest BCUT2D eigenvalue weighted by Crippen LogP contribution is -2.71. The van der Waals surface area contributed by atoms with Crippen LogP contribution in [0.25, 0.3) is 0 Å². The van der Waals surface area contributed by atoms with Crippen molar-refractivity contribution in [3.05, 3.63) is 22.3 Å². The number of nitrogens with two attached hydrogens (primary N) is 2. The SMILES string of the molecule is CCCN1C(SCC2=C(C(=O)O)N3C(=O)C(NC(=O)C(=NOC(C)(C)C(=O)O)c4csc(N)n4)[C@@H]3SC2)=NC(=N)CC1N. The molecule has 4 heterocycles. The Morgan fingerprint density at radius 1 is 1.35 bits per heavy atom. The van der Waals surface area contributed by atoms with E-state index in [9.17, 15) is 29.4 Å². The summed E-state index contributed by atoms with van der Waals surface area (Å²) in [5.41, 5.74) is 10.1. The quantitative estimate of drug-likeness (QED) is 0.108. The first-order valence-corrected chi connectivity index (χ1v) is 15.9. The molecule has 1 aromatic rings. The van der Waals surface area contributed by atoms with Gasteiger partial charge >= 0.3 is 11.9 Å². The number of amides is 2. The number of nitrogen functional groups attached to an aromatic ring is 1. The van der Waals surface area contributed by atoms with Crippen LogP contribution < -0.4 is 16.8 Å². The largest absolute Gasteiger partial charge is 0.478 e. The Labute approximate surface area is 258 Å². The van der Waals surface area contributed by atoms with E-state index in [1.807, 2.05) is 11.8 Å². The van der Waals surface area contributed by atoms with Crippen molar-refractivity contribution in [2.24, 2.45) is 15.9 Å². The van der Waals surface area contributed by atoms with Crippen LogP contribution >= 0.6 is 34.9 Å². The van der Waals surface area contributed by atoms with Crippen LogP contribution in [0.2, 0.25) is 0 Å². The van der Waals surface area contributed by atoms with Crippen molar-refractivity contribution in [2.75, 3.05) is 23.8 Å². The second-order valence-corrected chi connectivity index (χ2v) is 13.1. The molecule has 1 fully saturated rings. The molecule has 2 unspecified atom stereocenters. The van der Waals surface area contributed by atoms with Crippen LogP contribution in [0.5, 0.6) is 0 Å². The zero-order valence-corrected chi connectivity index (χ0v) is 25.8. The number of hydrogen-bond donors (Lipinski definition) is 6. The van der Waals surface area contributed by atoms with Gasteiger partial charge in [0.1, 0.15) is 28.6 Å². The molecule has 3 atom stereocenters. The van der Waals surface area contributed by atoms with E-state index < -0.39 is 52.6 Å². The van der Waals surface area contributed by atoms with Crippen molar-refractivity contribution in [3.63, 3.8) is 0 Å². The maximum atomic E-state index is 13.3. The van der Waals surface area contributed by atoms with Crippen molar-refractivity contribution in [3.8, 4) is 0 Å². The van der Waals surface area contributed by atoms with Gasteiger partial charge in [0.25, 0.3) is 11.8 Å². The van der Waals surface area contributed by atoms with E-state index in [0.717, 1.165) is 22.7 Å². The Bertz CT molecular complexity index is 1440. The van der Waals surface area contributed by atoms with Crippen LogP contribution in [-0.4, -0.2) is 107 Å². The minimum Gasteiger partial charge on any atom is -0.478 e. The smallest absolute Gasteiger partial charge is 0.352 e. The number of rotatable bonds is 11. The molecule has 0 bridgehead atoms. The summed E-state index contributed by atoms with van der Waals surface area (Å²) in [6.45, 7) is 5.11. The first-order valence-electron chi connectivity index (χ1n) is 13.0. The fraction of sp³-hybridized carbons (Fsp3) is 0.500. The highest BCUT2D eigenvalue weighted by Crippen LogP contribution is 2.41. The van der Waals surface area contributed by atoms with Crippen molar-refractivity contribution in [1.82, 2.24) is 20.1 Å². The first-order chi connectivity index (χ1) is 20.2. The molecule has 19 heteroatoms. The Hall–Kier alpha value is -3.68. The number of nitrogens with one attached hydrogen (secondary N) is 2. The van der Waals surface area contributed by atoms with Crippen LogP contribution in [0.1, 0.15) is 39.3 Å². The van der Waals surface area contributed by atoms with E-state index in [1.165, 1.54) is 42.8 Å². The highest BCUT2D eigenvalue weighted by molar-refractivity contribution is 8.14. The number of fused-ring (bicyclic) bond motifs is 1. The van der Waals surface area contributed by atoms with E-state index in [0.29, 0.717) is 23.7 Å². The van der Waals surface area contributed by atoms with E-state index in [1.54, 1.807) is 0 Å². The van der Waals surface area contributed by atoms with Gasteiger partial charge in [-0.15, -0.1) is 23.1 Å². The molecule has 1 saturated heterocycles. The van der Waals surface area contributed by atoms with Gasteiger partial charge in [-0.05, 0) is 25.8 Å². The molecule has 3 aliphatic rings. The Balaban J connectivity index is 1.51. The third-order valence-corrected chi connectivity index (χ3v) is 9.61. The number of carboxylic acid groups (broad SMARTS) is 2. The molecular formula is C24H31N9O7S3. The Kier molecular flexibility index (Phi) is 9.67. The van der Waals surface area contributed by atoms with Gasteiger partial charge in [0.05, 0.1) is 6.17 Å². The van der Waals surface area contributed by atoms with Crippen LogP contribution in [-0.2, 0) is 24.0 Å². The second kappa shape index (κ2) is 12.9. The molecule has 16 nitrogen and oxygen atoms in total. The number of thioether (sulfide) groups is 2. The van der Waals surface area contributed by atoms with Crippen molar-refractivity contribution in [1.29, 1.82) is 5.41 Å². The van der Waals surface area contributed by atoms with Gasteiger partial charge in [0, 0.05) is 29.9 Å². The van der Waals surface area contributed by atoms with Gasteiger partial charge in [0.15, 0.2) is 16.0 Å². The number of anilines is 1. The molecule has 0 aliphatic carbocycles. The summed E-state index contributed by atoms with van der Waals surface area (Å²) >= 11 is 3.56. The molecule has 0 saturated carbocycles. The fourth-order valence-corrected chi connectivity index (χ4v) is 7.38. The third kappa shape index (κ3) is 6.78. The predicted molar refractivity (Wildman–Crippen MR) is 163 cm³/mol. The number of aromatic nitrogens is 1. The van der Waals surface area contributed by atoms with Crippen LogP contribution in [0, 0.1) is 5.41 Å². The summed E-state index contributed by atoms with van der Waals surface area (Å²) in [5.74, 6) is -3.51. The predicted octanol–water partition coefficient (Wildman–Crippen LogP) is 0.515. The van der Waals surface area contributed by atoms with Gasteiger partial charge < -0.3 is 36.7 Å². The molecule has 0 spiro atoms. The maximum Gasteiger partial charge on any atom is 0.352 e. The Morgan fingerprint density at radius 2 is 2.07 bits per heavy atom. The number of β-lactam (4-membered cyclic amide) rings is 1. The van der Waals surface area contributed by atoms with Crippen molar-refractivity contribution >= 4 is 80.5 Å². The number of thiazole rings is 1. The molecular weight excluding hydrogens is 623 g/mol. The first kappa shape index (κ1) is 32.2. The van der Waals surface area contributed by atoms with Gasteiger partial charge in [-0.25, -0.2) is 19.6 Å². The summed E-state index contributed by atoms with van der Waals surface area (Å²) < 4.78 is 0. The highest BCUT2D eigenvalue weighted by atomic mass is 32.2. The molecule has 2 amide bonds. The van der Waals surface area contributed by atoms with E-state index in [-0.39, 0.29) is 33.9 Å². The number of aliphatic carboxylic acids is 2. The van der Waals surface area contributed by atoms with E-state index in [4.69, 9.17) is 21.7 Å². The standard InChI is InChI=1S/C24H31N9O7S3/c1-4-5-32-13(26)6-12(25)29-23(32)43-8-10-7-41-19-15(18(35)33(19)16(10)20(36)37)30-17(34)14(11-9-42-22(27)28-11)31-40-24(2,3)21(38)39/h9,13,15,19,25H,4-8,26H2,1-3H3,(H2,27,28)(H,30,34)(H,36,37)(H,38,39)/t13?,15?,19-/m0/s1. The zero-order valence-electron chi connectivity index (χ0n) is 23.4. The average molecular weight is 654 g/mol. The lowest BCUT2D eigenvalue weighted by molar-refractivity contribution is -0.161. The van der Waals surface area contributed by atoms with E-state index >= 15 is 0 Å². The number of carboxylic acids is 2. The summed E-state index contributed by atoms with van der Waals surface area (Å²) in [7, 11) is 0. The Morgan fingerprint density at radius 3 is 2.67 bits per heavy atom. The normalized spacial score (nSPS) is 22.6. The molecule has 8 N–H and O–H groups in total. The van der Waals surface area contributed by atoms with Gasteiger partial charge in [-0.3, -0.25) is 19.9 Å². The number of carbonyl (C=O) groups is 4. The number of carbonyl (C=O) groups excluding carboxylic acids is 2. The maximum absolute atomic E-state index is 13.3. The van der Waals surface area contributed by atoms with E-state index in [2.05, 4.69) is 20.4 Å². The van der Waals surface area contributed by atoms with Crippen molar-refractivity contribution in [2.45, 2.75) is 56.8 Å². The molecule has 0 radical (unpaired) electrons. The number of aliphatic imine (C=N–C) groups is 1. The molecule has 4 rings (SSSR count). The third-order valence-electron chi connectivity index (χ3n) is 6.52. The van der Waals surface area contributed by atoms with Crippen LogP contribution in [0.3, 0.4) is 0 Å². The topological polar surface area (TPSA) is 250 Å². The number of oxime groups is 1. The molecule has 3 aliphatic heterocycles. The zero-order chi connectivity index (χ0) is 31.6. The minimum atomic E-state index is -1.77. The highest BCUT2D eigenvalue weighted by Gasteiger charge is 2.54. The lowest BCUT2D eigenvalue weighted by atomic mass is 10.0. The molecule has 43 heavy (non-hydrogen) atoms. The summed E-state index contributed by atoms with van der Waals surface area (Å²) in [5, 5.41) is 35.0. The monoisotopic (exact) mass is 653 g/mol. The lowest BCUT2D eigenvalue weighted by Gasteiger charge is -2.49. The molecule has 232 valence electrons. The van der Waals surface area contributed by atoms with Gasteiger partial charge in [-0.2, -0.15) is 0 Å². The minimum absolute atomic E-state index is 0.0158. The summed E-state index contributed by atoms with van der Waals surface area (Å²) in [4.78, 5) is 66.7. The number of hydrogen-bond acceptors (Lipinski definition) is 14. The van der Waals surface area contributed by atoms with Gasteiger partial charge in [0.2, 0.25) is 5.60 Å². The number of nitrogens with zero attached hydrogens (tertiary/aromatic N) is 5.